The first-order valence-electron chi connectivity index (χ1n) is 9.14. The quantitative estimate of drug-likeness (QED) is 0.514. The Kier molecular flexibility index (Phi) is 4.78. The number of nitrogen functional groups attached to an aromatic ring is 1. The highest BCUT2D eigenvalue weighted by atomic mass is 19.1. The van der Waals surface area contributed by atoms with Gasteiger partial charge in [0.2, 0.25) is 5.95 Å². The Morgan fingerprint density at radius 2 is 2.00 bits per heavy atom. The Morgan fingerprint density at radius 1 is 1.20 bits per heavy atom. The molecule has 0 amide bonds. The first-order valence-corrected chi connectivity index (χ1v) is 9.14. The topological polar surface area (TPSA) is 125 Å². The monoisotopic (exact) mass is 409 g/mol. The molecule has 4 rings (SSSR count). The van der Waals surface area contributed by atoms with Crippen LogP contribution in [0.1, 0.15) is 25.2 Å². The number of hydrogen-bond acceptors (Lipinski definition) is 8. The summed E-state index contributed by atoms with van der Waals surface area (Å²) < 4.78 is 20.9. The van der Waals surface area contributed by atoms with Gasteiger partial charge in [-0.15, -0.1) is 5.10 Å². The molecule has 0 aliphatic heterocycles. The molecule has 3 aromatic heterocycles. The van der Waals surface area contributed by atoms with Crippen LogP contribution in [-0.4, -0.2) is 42.2 Å². The molecule has 9 nitrogen and oxygen atoms in total. The van der Waals surface area contributed by atoms with Gasteiger partial charge in [0.15, 0.2) is 0 Å². The molecule has 30 heavy (non-hydrogen) atoms. The average Bonchev–Trinajstić information content (AvgIpc) is 3.15. The summed E-state index contributed by atoms with van der Waals surface area (Å²) in [5.74, 6) is -0.231. The van der Waals surface area contributed by atoms with Crippen LogP contribution in [0, 0.1) is 5.82 Å². The number of fused-ring (bicyclic) bond motifs is 1. The van der Waals surface area contributed by atoms with E-state index >= 15 is 0 Å². The molecule has 0 bridgehead atoms. The zero-order chi connectivity index (χ0) is 21.5. The number of aromatic nitrogens is 6. The summed E-state index contributed by atoms with van der Waals surface area (Å²) in [6.07, 6.45) is 1.66. The molecule has 0 atom stereocenters. The number of halogens is 1. The lowest BCUT2D eigenvalue weighted by atomic mass is 10.0. The molecule has 0 fully saturated rings. The number of rotatable bonds is 5. The minimum absolute atomic E-state index is 0.0107. The number of nitrogens with two attached hydrogens (primary N) is 1. The van der Waals surface area contributed by atoms with Crippen molar-refractivity contribution >= 4 is 16.9 Å². The van der Waals surface area contributed by atoms with Gasteiger partial charge in [-0.05, 0) is 32.0 Å². The summed E-state index contributed by atoms with van der Waals surface area (Å²) in [7, 11) is 1.43. The van der Waals surface area contributed by atoms with Crippen LogP contribution in [-0.2, 0) is 12.1 Å². The maximum Gasteiger partial charge on any atom is 0.221 e. The standard InChI is InChI=1S/C20H20FN7O2/c1-20(2,29)16-6-4-5-12(23-16)9-28-10-14(26-27-28)17-13-7-11(21)8-15(30-3)18(13)25-19(22)24-17/h4-8,10,29H,9H2,1-3H3,(H2,22,24,25). The molecule has 0 saturated carbocycles. The van der Waals surface area contributed by atoms with Crippen LogP contribution in [0.2, 0.25) is 0 Å². The lowest BCUT2D eigenvalue weighted by molar-refractivity contribution is 0.0736. The zero-order valence-corrected chi connectivity index (χ0v) is 16.7. The largest absolute Gasteiger partial charge is 0.494 e. The first-order chi connectivity index (χ1) is 14.2. The van der Waals surface area contributed by atoms with Gasteiger partial charge in [-0.25, -0.2) is 19.0 Å². The molecule has 3 heterocycles. The second-order valence-corrected chi connectivity index (χ2v) is 7.31. The number of methoxy groups -OCH3 is 1. The van der Waals surface area contributed by atoms with Crippen molar-refractivity contribution < 1.29 is 14.2 Å². The molecular weight excluding hydrogens is 389 g/mol. The minimum Gasteiger partial charge on any atom is -0.494 e. The van der Waals surface area contributed by atoms with Crippen LogP contribution in [0.5, 0.6) is 5.75 Å². The highest BCUT2D eigenvalue weighted by molar-refractivity contribution is 5.95. The highest BCUT2D eigenvalue weighted by Gasteiger charge is 2.19. The molecule has 0 unspecified atom stereocenters. The smallest absolute Gasteiger partial charge is 0.221 e. The van der Waals surface area contributed by atoms with Crippen LogP contribution in [0.4, 0.5) is 10.3 Å². The van der Waals surface area contributed by atoms with Gasteiger partial charge in [0, 0.05) is 11.5 Å². The molecule has 0 radical (unpaired) electrons. The number of ether oxygens (including phenoxy) is 1. The second kappa shape index (κ2) is 7.30. The summed E-state index contributed by atoms with van der Waals surface area (Å²) in [5, 5.41) is 18.8. The normalized spacial score (nSPS) is 11.8. The Labute approximate surface area is 171 Å². The van der Waals surface area contributed by atoms with Crippen molar-refractivity contribution in [3.8, 4) is 17.1 Å². The summed E-state index contributed by atoms with van der Waals surface area (Å²) in [4.78, 5) is 12.9. The van der Waals surface area contributed by atoms with Crippen molar-refractivity contribution in [2.24, 2.45) is 0 Å². The fourth-order valence-electron chi connectivity index (χ4n) is 3.09. The van der Waals surface area contributed by atoms with Crippen LogP contribution in [0.3, 0.4) is 0 Å². The van der Waals surface area contributed by atoms with Crippen LogP contribution in [0.15, 0.2) is 36.5 Å². The van der Waals surface area contributed by atoms with E-state index in [1.54, 1.807) is 30.8 Å². The maximum atomic E-state index is 14.1. The van der Waals surface area contributed by atoms with Crippen molar-refractivity contribution in [1.82, 2.24) is 29.9 Å². The fraction of sp³-hybridized carbons (Fsp3) is 0.250. The van der Waals surface area contributed by atoms with E-state index in [4.69, 9.17) is 10.5 Å². The van der Waals surface area contributed by atoms with E-state index in [1.165, 1.54) is 19.2 Å². The third kappa shape index (κ3) is 3.77. The van der Waals surface area contributed by atoms with Crippen LogP contribution in [0.25, 0.3) is 22.3 Å². The third-order valence-corrected chi connectivity index (χ3v) is 4.51. The van der Waals surface area contributed by atoms with Gasteiger partial charge in [0.25, 0.3) is 0 Å². The molecule has 154 valence electrons. The molecular formula is C20H20FN7O2. The van der Waals surface area contributed by atoms with Crippen molar-refractivity contribution in [2.75, 3.05) is 12.8 Å². The minimum atomic E-state index is -1.05. The molecule has 0 aliphatic carbocycles. The molecule has 0 spiro atoms. The number of nitrogens with zero attached hydrogens (tertiary/aromatic N) is 6. The number of benzene rings is 1. The van der Waals surface area contributed by atoms with Crippen molar-refractivity contribution in [3.63, 3.8) is 0 Å². The van der Waals surface area contributed by atoms with E-state index in [-0.39, 0.29) is 11.7 Å². The van der Waals surface area contributed by atoms with Gasteiger partial charge >= 0.3 is 0 Å². The highest BCUT2D eigenvalue weighted by Crippen LogP contribution is 2.32. The molecule has 0 saturated heterocycles. The van der Waals surface area contributed by atoms with Crippen molar-refractivity contribution in [2.45, 2.75) is 26.0 Å². The van der Waals surface area contributed by atoms with Gasteiger partial charge in [-0.1, -0.05) is 11.3 Å². The van der Waals surface area contributed by atoms with Gasteiger partial charge in [0.1, 0.15) is 34.1 Å². The second-order valence-electron chi connectivity index (χ2n) is 7.31. The fourth-order valence-corrected chi connectivity index (χ4v) is 3.09. The number of pyridine rings is 1. The number of anilines is 1. The Balaban J connectivity index is 1.73. The summed E-state index contributed by atoms with van der Waals surface area (Å²) >= 11 is 0. The van der Waals surface area contributed by atoms with Gasteiger partial charge in [-0.3, -0.25) is 4.98 Å². The van der Waals surface area contributed by atoms with E-state index in [9.17, 15) is 9.50 Å². The lowest BCUT2D eigenvalue weighted by Gasteiger charge is -2.17. The van der Waals surface area contributed by atoms with Crippen LogP contribution < -0.4 is 10.5 Å². The van der Waals surface area contributed by atoms with Crippen LogP contribution >= 0.6 is 0 Å². The summed E-state index contributed by atoms with van der Waals surface area (Å²) in [6.45, 7) is 3.67. The number of aliphatic hydroxyl groups is 1. The molecule has 3 N–H and O–H groups in total. The van der Waals surface area contributed by atoms with E-state index in [0.717, 1.165) is 0 Å². The Bertz CT molecular complexity index is 1230. The predicted octanol–water partition coefficient (Wildman–Crippen LogP) is 2.29. The lowest BCUT2D eigenvalue weighted by Crippen LogP contribution is -2.18. The van der Waals surface area contributed by atoms with E-state index in [1.807, 2.05) is 12.1 Å². The van der Waals surface area contributed by atoms with E-state index < -0.39 is 11.4 Å². The van der Waals surface area contributed by atoms with Crippen molar-refractivity contribution in [3.05, 3.63) is 53.7 Å². The number of hydrogen-bond donors (Lipinski definition) is 2. The predicted molar refractivity (Wildman–Crippen MR) is 108 cm³/mol. The summed E-state index contributed by atoms with van der Waals surface area (Å²) in [6, 6.07) is 7.95. The SMILES string of the molecule is COc1cc(F)cc2c(-c3cn(Cc4cccc(C(C)(C)O)n4)nn3)nc(N)nc12. The molecule has 0 aliphatic rings. The van der Waals surface area contributed by atoms with Crippen molar-refractivity contribution in [1.29, 1.82) is 0 Å². The first kappa shape index (κ1) is 19.6. The third-order valence-electron chi connectivity index (χ3n) is 4.51. The molecule has 10 heteroatoms. The van der Waals surface area contributed by atoms with Gasteiger partial charge < -0.3 is 15.6 Å². The molecule has 1 aromatic carbocycles. The maximum absolute atomic E-state index is 14.1. The zero-order valence-electron chi connectivity index (χ0n) is 16.7. The molecule has 4 aromatic rings. The Morgan fingerprint density at radius 3 is 2.73 bits per heavy atom. The van der Waals surface area contributed by atoms with E-state index in [0.29, 0.717) is 40.2 Å². The van der Waals surface area contributed by atoms with Gasteiger partial charge in [0.05, 0.1) is 31.2 Å². The van der Waals surface area contributed by atoms with Gasteiger partial charge in [-0.2, -0.15) is 0 Å². The average molecular weight is 409 g/mol. The Hall–Kier alpha value is -3.66. The summed E-state index contributed by atoms with van der Waals surface area (Å²) in [5.41, 5.74) is 7.19. The van der Waals surface area contributed by atoms with E-state index in [2.05, 4.69) is 25.3 Å².